The van der Waals surface area contributed by atoms with Gasteiger partial charge in [-0.3, -0.25) is 33.7 Å². The van der Waals surface area contributed by atoms with Gasteiger partial charge in [-0.15, -0.1) is 0 Å². The van der Waals surface area contributed by atoms with Gasteiger partial charge in [0.15, 0.2) is 0 Å². The molecule has 4 atom stereocenters. The maximum atomic E-state index is 13.4. The first-order chi connectivity index (χ1) is 25.9. The number of aryl methyl sites for hydroxylation is 1. The number of rotatable bonds is 23. The van der Waals surface area contributed by atoms with Gasteiger partial charge in [-0.05, 0) is 85.2 Å². The molecule has 0 radical (unpaired) electrons. The second-order valence-electron chi connectivity index (χ2n) is 14.0. The minimum absolute atomic E-state index is 0.0318. The van der Waals surface area contributed by atoms with E-state index >= 15 is 0 Å². The second kappa shape index (κ2) is 23.3. The number of thiol groups is 1. The van der Waals surface area contributed by atoms with Crippen LogP contribution in [0.4, 0.5) is 4.79 Å². The summed E-state index contributed by atoms with van der Waals surface area (Å²) in [6.07, 6.45) is 3.35. The zero-order valence-electron chi connectivity index (χ0n) is 32.2. The summed E-state index contributed by atoms with van der Waals surface area (Å²) in [7, 11) is -3.19. The fraction of sp³-hybridized carbons (Fsp3) is 0.526. The Bertz CT molecular complexity index is 1720. The summed E-state index contributed by atoms with van der Waals surface area (Å²) in [6.45, 7) is 9.68. The Morgan fingerprint density at radius 2 is 1.53 bits per heavy atom. The third-order valence-electron chi connectivity index (χ3n) is 8.11. The molecule has 5 amide bonds. The van der Waals surface area contributed by atoms with Gasteiger partial charge >= 0.3 is 12.1 Å². The number of hydrogen-bond acceptors (Lipinski definition) is 10. The number of benzene rings is 1. The third kappa shape index (κ3) is 17.1. The van der Waals surface area contributed by atoms with Gasteiger partial charge in [0, 0.05) is 29.8 Å². The SMILES string of the molecule is C=S(=O)(NC(=O)c1cc(CCCC)ccn1)c1ccc(CCNC(=O)C(CS)NC(=O)[C@H](CC(C)C)NC(=O)C(CCC(=O)O)NC(=O)OCC(C)C)cc1. The van der Waals surface area contributed by atoms with Crippen LogP contribution in [0, 0.1) is 11.8 Å². The van der Waals surface area contributed by atoms with E-state index in [4.69, 9.17) is 9.84 Å². The predicted octanol–water partition coefficient (Wildman–Crippen LogP) is 3.06. The number of alkyl carbamates (subject to hydrolysis) is 1. The molecule has 55 heavy (non-hydrogen) atoms. The maximum Gasteiger partial charge on any atom is 0.407 e. The van der Waals surface area contributed by atoms with Crippen molar-refractivity contribution in [3.05, 3.63) is 59.4 Å². The van der Waals surface area contributed by atoms with Gasteiger partial charge in [-0.25, -0.2) is 9.00 Å². The largest absolute Gasteiger partial charge is 0.481 e. The molecule has 0 spiro atoms. The fourth-order valence-electron chi connectivity index (χ4n) is 5.13. The van der Waals surface area contributed by atoms with Crippen molar-refractivity contribution in [1.82, 2.24) is 31.0 Å². The van der Waals surface area contributed by atoms with Crippen molar-refractivity contribution < 1.29 is 42.8 Å². The van der Waals surface area contributed by atoms with Crippen molar-refractivity contribution in [2.24, 2.45) is 11.8 Å². The van der Waals surface area contributed by atoms with Gasteiger partial charge in [0.05, 0.1) is 16.3 Å². The molecule has 0 saturated carbocycles. The molecule has 0 bridgehead atoms. The Hall–Kier alpha value is -4.64. The lowest BCUT2D eigenvalue weighted by Crippen LogP contribution is -2.57. The van der Waals surface area contributed by atoms with Crippen molar-refractivity contribution in [2.75, 3.05) is 18.9 Å². The number of unbranched alkanes of at least 4 members (excludes halogenated alkanes) is 1. The minimum atomic E-state index is -3.19. The van der Waals surface area contributed by atoms with E-state index in [9.17, 15) is 33.0 Å². The molecule has 0 fully saturated rings. The van der Waals surface area contributed by atoms with Crippen LogP contribution in [-0.2, 0) is 46.5 Å². The second-order valence-corrected chi connectivity index (χ2v) is 16.4. The van der Waals surface area contributed by atoms with Gasteiger partial charge < -0.3 is 31.1 Å². The van der Waals surface area contributed by atoms with E-state index in [-0.39, 0.29) is 49.3 Å². The molecule has 2 rings (SSSR count). The molecular weight excluding hydrogens is 749 g/mol. The number of carbonyl (C=O) groups excluding carboxylic acids is 5. The normalized spacial score (nSPS) is 13.8. The number of nitrogens with one attached hydrogen (secondary N) is 5. The minimum Gasteiger partial charge on any atom is -0.481 e. The zero-order valence-corrected chi connectivity index (χ0v) is 33.9. The highest BCUT2D eigenvalue weighted by molar-refractivity contribution is 7.99. The van der Waals surface area contributed by atoms with Crippen LogP contribution < -0.4 is 26.0 Å². The molecule has 0 aliphatic heterocycles. The first-order valence-corrected chi connectivity index (χ1v) is 20.7. The zero-order chi connectivity index (χ0) is 41.1. The smallest absolute Gasteiger partial charge is 0.407 e. The lowest BCUT2D eigenvalue weighted by Gasteiger charge is -2.25. The van der Waals surface area contributed by atoms with Gasteiger partial charge in [-0.1, -0.05) is 53.2 Å². The Kier molecular flexibility index (Phi) is 19.7. The van der Waals surface area contributed by atoms with Gasteiger partial charge in [-0.2, -0.15) is 12.6 Å². The summed E-state index contributed by atoms with van der Waals surface area (Å²) in [5, 5.41) is 19.5. The van der Waals surface area contributed by atoms with E-state index in [1.165, 1.54) is 0 Å². The van der Waals surface area contributed by atoms with Crippen molar-refractivity contribution in [3.8, 4) is 0 Å². The van der Waals surface area contributed by atoms with Gasteiger partial charge in [0.2, 0.25) is 17.7 Å². The predicted molar refractivity (Wildman–Crippen MR) is 214 cm³/mol. The standard InChI is InChI=1S/C38H56N6O9S2/c1-7-8-9-27-17-18-39-30(21-27)37(50)44-55(6,52)28-12-10-26(11-13-28)16-19-40-34(47)32(23-54)42-36(49)31(20-24(2)3)41-35(48)29(14-15-33(45)46)43-38(51)53-22-25(4)5/h10-13,17-18,21,24-25,29,31-32,54H,6-9,14-16,19-20,22-23H2,1-5H3,(H,40,47)(H,41,48)(H,42,49)(H,43,51)(H,45,46)(H,44,50,52)/t29?,31-,32?,55?/m0/s1. The highest BCUT2D eigenvalue weighted by atomic mass is 32.2. The van der Waals surface area contributed by atoms with E-state index in [0.29, 0.717) is 11.3 Å². The van der Waals surface area contributed by atoms with Crippen molar-refractivity contribution in [1.29, 1.82) is 0 Å². The number of hydrogen-bond donors (Lipinski definition) is 7. The maximum absolute atomic E-state index is 13.4. The molecule has 17 heteroatoms. The molecule has 0 aliphatic rings. The first kappa shape index (κ1) is 46.5. The molecular formula is C38H56N6O9S2. The fourth-order valence-corrected chi connectivity index (χ4v) is 6.48. The Morgan fingerprint density at radius 3 is 2.13 bits per heavy atom. The average molecular weight is 805 g/mol. The first-order valence-electron chi connectivity index (χ1n) is 18.3. The van der Waals surface area contributed by atoms with Crippen LogP contribution in [0.3, 0.4) is 0 Å². The van der Waals surface area contributed by atoms with Crippen LogP contribution in [0.5, 0.6) is 0 Å². The number of carboxylic acids is 1. The molecule has 3 unspecified atom stereocenters. The summed E-state index contributed by atoms with van der Waals surface area (Å²) >= 11 is 4.24. The summed E-state index contributed by atoms with van der Waals surface area (Å²) < 4.78 is 20.9. The number of pyridine rings is 1. The number of aliphatic carboxylic acids is 1. The number of carbonyl (C=O) groups is 6. The number of nitrogens with zero attached hydrogens (tertiary/aromatic N) is 1. The van der Waals surface area contributed by atoms with Crippen LogP contribution in [0.2, 0.25) is 0 Å². The summed E-state index contributed by atoms with van der Waals surface area (Å²) in [5.74, 6) is -0.0615. The molecule has 304 valence electrons. The molecule has 6 N–H and O–H groups in total. The number of ether oxygens (including phenoxy) is 1. The Morgan fingerprint density at radius 1 is 0.873 bits per heavy atom. The van der Waals surface area contributed by atoms with Crippen LogP contribution in [0.15, 0.2) is 47.5 Å². The average Bonchev–Trinajstić information content (AvgIpc) is 3.13. The van der Waals surface area contributed by atoms with Crippen LogP contribution in [0.1, 0.15) is 88.3 Å². The number of carboxylic acid groups (broad SMARTS) is 1. The van der Waals surface area contributed by atoms with Crippen molar-refractivity contribution in [3.63, 3.8) is 0 Å². The topological polar surface area (TPSA) is 222 Å². The Balaban J connectivity index is 1.99. The van der Waals surface area contributed by atoms with Gasteiger partial charge in [0.1, 0.15) is 23.8 Å². The van der Waals surface area contributed by atoms with Crippen molar-refractivity contribution in [2.45, 2.75) is 103 Å². The highest BCUT2D eigenvalue weighted by Gasteiger charge is 2.30. The molecule has 0 aliphatic carbocycles. The molecule has 1 aromatic heterocycles. The van der Waals surface area contributed by atoms with E-state index in [1.54, 1.807) is 36.5 Å². The lowest BCUT2D eigenvalue weighted by molar-refractivity contribution is -0.137. The number of amides is 5. The van der Waals surface area contributed by atoms with Crippen LogP contribution in [0.25, 0.3) is 0 Å². The molecule has 1 heterocycles. The monoisotopic (exact) mass is 804 g/mol. The van der Waals surface area contributed by atoms with Gasteiger partial charge in [0.25, 0.3) is 5.91 Å². The van der Waals surface area contributed by atoms with E-state index in [0.717, 1.165) is 30.4 Å². The van der Waals surface area contributed by atoms with E-state index in [1.807, 2.05) is 33.8 Å². The molecule has 0 saturated heterocycles. The van der Waals surface area contributed by atoms with E-state index < -0.39 is 69.9 Å². The van der Waals surface area contributed by atoms with Crippen LogP contribution >= 0.6 is 12.6 Å². The van der Waals surface area contributed by atoms with Crippen molar-refractivity contribution >= 4 is 63.9 Å². The summed E-state index contributed by atoms with van der Waals surface area (Å²) in [5.41, 5.74) is 1.91. The summed E-state index contributed by atoms with van der Waals surface area (Å²) in [6, 6.07) is 6.67. The van der Waals surface area contributed by atoms with Crippen LogP contribution in [-0.4, -0.2) is 92.9 Å². The highest BCUT2D eigenvalue weighted by Crippen LogP contribution is 2.13. The molecule has 1 aromatic carbocycles. The summed E-state index contributed by atoms with van der Waals surface area (Å²) in [4.78, 5) is 80.4. The van der Waals surface area contributed by atoms with E-state index in [2.05, 4.69) is 56.4 Å². The molecule has 15 nitrogen and oxygen atoms in total. The lowest BCUT2D eigenvalue weighted by atomic mass is 10.0. The third-order valence-corrected chi connectivity index (χ3v) is 10.0. The number of aromatic nitrogens is 1. The Labute approximate surface area is 329 Å². The molecule has 2 aromatic rings. The quantitative estimate of drug-likeness (QED) is 0.0643.